The van der Waals surface area contributed by atoms with Gasteiger partial charge in [-0.15, -0.1) is 5.10 Å². The first-order valence-corrected chi connectivity index (χ1v) is 10.3. The summed E-state index contributed by atoms with van der Waals surface area (Å²) in [5, 5.41) is 17.1. The minimum Gasteiger partial charge on any atom is -0.497 e. The Bertz CT molecular complexity index is 1140. The van der Waals surface area contributed by atoms with E-state index >= 15 is 0 Å². The van der Waals surface area contributed by atoms with Crippen molar-refractivity contribution in [1.82, 2.24) is 15.2 Å². The number of benzene rings is 2. The molecule has 1 aromatic heterocycles. The van der Waals surface area contributed by atoms with Gasteiger partial charge in [-0.2, -0.15) is 0 Å². The molecule has 0 spiro atoms. The summed E-state index contributed by atoms with van der Waals surface area (Å²) < 4.78 is 21.0. The molecule has 0 saturated carbocycles. The molecule has 11 heteroatoms. The predicted molar refractivity (Wildman–Crippen MR) is 121 cm³/mol. The molecular weight excluding hydrogens is 458 g/mol. The smallest absolute Gasteiger partial charge is 0.342 e. The van der Waals surface area contributed by atoms with E-state index in [-0.39, 0.29) is 10.1 Å². The largest absolute Gasteiger partial charge is 0.497 e. The Hall–Kier alpha value is -3.37. The fraction of sp³-hybridized carbons (Fsp3) is 0.190. The summed E-state index contributed by atoms with van der Waals surface area (Å²) >= 11 is 7.11. The summed E-state index contributed by atoms with van der Waals surface area (Å²) in [6, 6.07) is 8.46. The molecule has 0 aliphatic rings. The van der Waals surface area contributed by atoms with Crippen molar-refractivity contribution in [2.45, 2.75) is 5.16 Å². The van der Waals surface area contributed by atoms with Gasteiger partial charge in [-0.1, -0.05) is 11.6 Å². The number of nitrogens with one attached hydrogen (secondary N) is 1. The van der Waals surface area contributed by atoms with Crippen LogP contribution in [0.5, 0.6) is 23.0 Å². The Morgan fingerprint density at radius 3 is 2.28 bits per heavy atom. The summed E-state index contributed by atoms with van der Waals surface area (Å²) in [6.45, 7) is 0. The van der Waals surface area contributed by atoms with Crippen LogP contribution in [0.25, 0.3) is 17.5 Å². The number of carboxylic acid groups (broad SMARTS) is 1. The van der Waals surface area contributed by atoms with Crippen LogP contribution in [0.15, 0.2) is 40.4 Å². The van der Waals surface area contributed by atoms with E-state index in [4.69, 9.17) is 30.5 Å². The number of H-pyrrole nitrogens is 1. The number of carbonyl (C=O) groups is 1. The van der Waals surface area contributed by atoms with Gasteiger partial charge in [0.1, 0.15) is 16.4 Å². The number of aliphatic carboxylic acids is 1. The summed E-state index contributed by atoms with van der Waals surface area (Å²) in [6.07, 6.45) is 1.45. The van der Waals surface area contributed by atoms with Crippen LogP contribution in [0.1, 0.15) is 5.56 Å². The highest BCUT2D eigenvalue weighted by Crippen LogP contribution is 2.37. The number of thioether (sulfide) groups is 1. The van der Waals surface area contributed by atoms with E-state index in [1.54, 1.807) is 44.6 Å². The SMILES string of the molecule is COc1cc(OC)cc(-c2nc(S/C(=C\c3cc(Cl)c(OC)c(OC)c3)C(=O)O)n[nH]2)c1. The lowest BCUT2D eigenvalue weighted by Crippen LogP contribution is -1.98. The lowest BCUT2D eigenvalue weighted by Gasteiger charge is -2.10. The van der Waals surface area contributed by atoms with Crippen LogP contribution >= 0.6 is 23.4 Å². The quantitative estimate of drug-likeness (QED) is 0.342. The number of aromatic amines is 1. The number of carboxylic acids is 1. The highest BCUT2D eigenvalue weighted by molar-refractivity contribution is 8.04. The second-order valence-electron chi connectivity index (χ2n) is 6.22. The molecule has 3 aromatic rings. The molecule has 0 fully saturated rings. The molecule has 0 saturated heterocycles. The molecule has 0 bridgehead atoms. The molecule has 1 heterocycles. The zero-order valence-corrected chi connectivity index (χ0v) is 19.2. The van der Waals surface area contributed by atoms with Gasteiger partial charge < -0.3 is 24.1 Å². The van der Waals surface area contributed by atoms with Crippen LogP contribution in [0, 0.1) is 0 Å². The maximum atomic E-state index is 11.8. The highest BCUT2D eigenvalue weighted by atomic mass is 35.5. The summed E-state index contributed by atoms with van der Waals surface area (Å²) in [5.74, 6) is 1.21. The van der Waals surface area contributed by atoms with Gasteiger partial charge in [-0.3, -0.25) is 5.10 Å². The van der Waals surface area contributed by atoms with Crippen molar-refractivity contribution >= 4 is 35.4 Å². The average molecular weight is 478 g/mol. The van der Waals surface area contributed by atoms with Crippen molar-refractivity contribution in [1.29, 1.82) is 0 Å². The van der Waals surface area contributed by atoms with Gasteiger partial charge in [0.25, 0.3) is 0 Å². The molecular formula is C21H20ClN3O6S. The van der Waals surface area contributed by atoms with Crippen LogP contribution in [-0.2, 0) is 4.79 Å². The summed E-state index contributed by atoms with van der Waals surface area (Å²) in [7, 11) is 6.03. The molecule has 0 aliphatic heterocycles. The van der Waals surface area contributed by atoms with E-state index in [1.807, 2.05) is 0 Å². The van der Waals surface area contributed by atoms with Crippen molar-refractivity contribution in [2.24, 2.45) is 0 Å². The Kier molecular flexibility index (Phi) is 7.49. The van der Waals surface area contributed by atoms with Gasteiger partial charge in [-0.05, 0) is 47.7 Å². The predicted octanol–water partition coefficient (Wildman–Crippen LogP) is 4.38. The maximum absolute atomic E-state index is 11.8. The molecule has 0 unspecified atom stereocenters. The van der Waals surface area contributed by atoms with Gasteiger partial charge in [0.2, 0.25) is 5.16 Å². The number of nitrogens with zero attached hydrogens (tertiary/aromatic N) is 2. The number of aromatic nitrogens is 3. The van der Waals surface area contributed by atoms with Gasteiger partial charge in [0.15, 0.2) is 17.3 Å². The average Bonchev–Trinajstić information content (AvgIpc) is 3.26. The van der Waals surface area contributed by atoms with Gasteiger partial charge in [-0.25, -0.2) is 9.78 Å². The Balaban J connectivity index is 1.91. The molecule has 9 nitrogen and oxygen atoms in total. The number of rotatable bonds is 9. The van der Waals surface area contributed by atoms with Gasteiger partial charge in [0, 0.05) is 11.6 Å². The van der Waals surface area contributed by atoms with E-state index in [0.29, 0.717) is 45.0 Å². The fourth-order valence-electron chi connectivity index (χ4n) is 2.77. The Morgan fingerprint density at radius 1 is 1.03 bits per heavy atom. The zero-order valence-electron chi connectivity index (χ0n) is 17.6. The van der Waals surface area contributed by atoms with Gasteiger partial charge in [0.05, 0.1) is 33.5 Å². The van der Waals surface area contributed by atoms with Crippen molar-refractivity contribution in [3.8, 4) is 34.4 Å². The van der Waals surface area contributed by atoms with E-state index in [0.717, 1.165) is 11.8 Å². The second-order valence-corrected chi connectivity index (χ2v) is 7.64. The Morgan fingerprint density at radius 2 is 1.72 bits per heavy atom. The van der Waals surface area contributed by atoms with E-state index in [9.17, 15) is 9.90 Å². The number of hydrogen-bond donors (Lipinski definition) is 2. The minimum atomic E-state index is -1.14. The Labute approximate surface area is 193 Å². The van der Waals surface area contributed by atoms with Crippen LogP contribution in [0.2, 0.25) is 5.02 Å². The molecule has 0 atom stereocenters. The molecule has 3 rings (SSSR count). The molecule has 0 aliphatic carbocycles. The van der Waals surface area contributed by atoms with Crippen LogP contribution in [0.4, 0.5) is 0 Å². The normalized spacial score (nSPS) is 11.2. The molecule has 0 amide bonds. The summed E-state index contributed by atoms with van der Waals surface area (Å²) in [4.78, 5) is 16.2. The van der Waals surface area contributed by atoms with Crippen LogP contribution < -0.4 is 18.9 Å². The van der Waals surface area contributed by atoms with E-state index < -0.39 is 5.97 Å². The lowest BCUT2D eigenvalue weighted by atomic mass is 10.2. The van der Waals surface area contributed by atoms with E-state index in [1.165, 1.54) is 20.3 Å². The number of methoxy groups -OCH3 is 4. The van der Waals surface area contributed by atoms with Crippen LogP contribution in [0.3, 0.4) is 0 Å². The third-order valence-corrected chi connectivity index (χ3v) is 5.41. The fourth-order valence-corrected chi connectivity index (χ4v) is 3.77. The zero-order chi connectivity index (χ0) is 23.3. The van der Waals surface area contributed by atoms with E-state index in [2.05, 4.69) is 15.2 Å². The number of halogens is 1. The summed E-state index contributed by atoms with van der Waals surface area (Å²) in [5.41, 5.74) is 1.19. The lowest BCUT2D eigenvalue weighted by molar-refractivity contribution is -0.131. The molecule has 2 aromatic carbocycles. The van der Waals surface area contributed by atoms with Crippen LogP contribution in [-0.4, -0.2) is 54.7 Å². The first-order chi connectivity index (χ1) is 15.4. The molecule has 2 N–H and O–H groups in total. The maximum Gasteiger partial charge on any atom is 0.342 e. The first-order valence-electron chi connectivity index (χ1n) is 9.08. The molecule has 0 radical (unpaired) electrons. The highest BCUT2D eigenvalue weighted by Gasteiger charge is 2.17. The number of hydrogen-bond acceptors (Lipinski definition) is 8. The van der Waals surface area contributed by atoms with Crippen molar-refractivity contribution in [3.63, 3.8) is 0 Å². The second kappa shape index (κ2) is 10.3. The van der Waals surface area contributed by atoms with Crippen molar-refractivity contribution in [2.75, 3.05) is 28.4 Å². The molecule has 32 heavy (non-hydrogen) atoms. The molecule has 168 valence electrons. The third kappa shape index (κ3) is 5.27. The van der Waals surface area contributed by atoms with Crippen molar-refractivity contribution < 1.29 is 28.8 Å². The van der Waals surface area contributed by atoms with Crippen molar-refractivity contribution in [3.05, 3.63) is 45.8 Å². The first kappa shape index (κ1) is 23.3. The minimum absolute atomic E-state index is 0.0120. The topological polar surface area (TPSA) is 116 Å². The standard InChI is InChI=1S/C21H20ClN3O6S/c1-28-13-8-12(9-14(10-13)29-2)19-23-21(25-24-19)32-17(20(26)27)7-11-5-15(22)18(31-4)16(6-11)30-3/h5-10H,1-4H3,(H,26,27)(H,23,24,25)/b17-7-. The van der Waals surface area contributed by atoms with Gasteiger partial charge >= 0.3 is 5.97 Å². The number of ether oxygens (including phenoxy) is 4. The third-order valence-electron chi connectivity index (χ3n) is 4.26. The monoisotopic (exact) mass is 477 g/mol.